The van der Waals surface area contributed by atoms with E-state index in [1.807, 2.05) is 82.7 Å². The molecule has 0 bridgehead atoms. The molecule has 5 aromatic rings. The molecule has 13 heteroatoms. The molecule has 0 N–H and O–H groups in total. The van der Waals surface area contributed by atoms with Gasteiger partial charge in [0.2, 0.25) is 11.8 Å². The minimum atomic E-state index is -1.35. The van der Waals surface area contributed by atoms with Crippen LogP contribution in [0.2, 0.25) is 0 Å². The van der Waals surface area contributed by atoms with E-state index < -0.39 is 9.74 Å². The number of ether oxygens (including phenoxy) is 4. The fourth-order valence-electron chi connectivity index (χ4n) is 8.41. The van der Waals surface area contributed by atoms with Crippen LogP contribution in [0.4, 0.5) is 5.69 Å². The summed E-state index contributed by atoms with van der Waals surface area (Å²) in [5, 5.41) is 4.39. The summed E-state index contributed by atoms with van der Waals surface area (Å²) >= 11 is 2.95. The number of hydrogen-bond acceptors (Lipinski definition) is 10. The first-order valence-corrected chi connectivity index (χ1v) is 20.6. The molecule has 2 amide bonds. The SMILES string of the molecule is COc1cccc(OC)c1C1(C2(c3c(OC)cccc3OC)SCC(=O)N2Cc2ccc(-n3cccn3)cc2)SCC(=O)N1Cc1ccc(N2CCCC2)cc1. The lowest BCUT2D eigenvalue weighted by molar-refractivity contribution is -0.141. The lowest BCUT2D eigenvalue weighted by Crippen LogP contribution is -2.61. The van der Waals surface area contributed by atoms with Crippen molar-refractivity contribution < 1.29 is 28.5 Å². The molecule has 4 aromatic carbocycles. The monoisotopic (exact) mass is 791 g/mol. The van der Waals surface area contributed by atoms with Gasteiger partial charge in [-0.25, -0.2) is 4.68 Å². The Morgan fingerprint density at radius 1 is 0.589 bits per heavy atom. The predicted octanol–water partition coefficient (Wildman–Crippen LogP) is 7.06. The minimum Gasteiger partial charge on any atom is -0.496 e. The van der Waals surface area contributed by atoms with E-state index in [0.29, 0.717) is 34.1 Å². The number of rotatable bonds is 13. The van der Waals surface area contributed by atoms with Crippen LogP contribution in [0, 0.1) is 0 Å². The van der Waals surface area contributed by atoms with Crippen molar-refractivity contribution in [3.63, 3.8) is 0 Å². The number of nitrogens with zero attached hydrogens (tertiary/aromatic N) is 5. The van der Waals surface area contributed by atoms with Gasteiger partial charge in [-0.3, -0.25) is 9.59 Å². The van der Waals surface area contributed by atoms with E-state index in [4.69, 9.17) is 18.9 Å². The number of carbonyl (C=O) groups is 2. The van der Waals surface area contributed by atoms with Crippen molar-refractivity contribution in [1.29, 1.82) is 0 Å². The Morgan fingerprint density at radius 3 is 1.41 bits per heavy atom. The molecule has 11 nitrogen and oxygen atoms in total. The van der Waals surface area contributed by atoms with E-state index in [2.05, 4.69) is 34.3 Å². The molecule has 3 fully saturated rings. The summed E-state index contributed by atoms with van der Waals surface area (Å²) in [6.07, 6.45) is 5.99. The largest absolute Gasteiger partial charge is 0.496 e. The van der Waals surface area contributed by atoms with Crippen LogP contribution in [-0.4, -0.2) is 84.4 Å². The molecule has 56 heavy (non-hydrogen) atoms. The van der Waals surface area contributed by atoms with Crippen molar-refractivity contribution in [2.75, 3.05) is 57.9 Å². The van der Waals surface area contributed by atoms with Crippen molar-refractivity contribution in [2.45, 2.75) is 35.7 Å². The molecule has 290 valence electrons. The molecule has 2 atom stereocenters. The quantitative estimate of drug-likeness (QED) is 0.123. The molecule has 0 saturated carbocycles. The third-order valence-corrected chi connectivity index (χ3v) is 14.1. The Morgan fingerprint density at radius 2 is 1.02 bits per heavy atom. The summed E-state index contributed by atoms with van der Waals surface area (Å²) in [7, 11) is 6.48. The Balaban J connectivity index is 1.38. The Bertz CT molecular complexity index is 2150. The molecular weight excluding hydrogens is 747 g/mol. The molecule has 2 unspecified atom stereocenters. The van der Waals surface area contributed by atoms with Gasteiger partial charge in [0.1, 0.15) is 23.0 Å². The normalized spacial score (nSPS) is 20.9. The number of carbonyl (C=O) groups excluding carboxylic acids is 2. The van der Waals surface area contributed by atoms with Crippen LogP contribution in [0.15, 0.2) is 103 Å². The zero-order valence-corrected chi connectivity index (χ0v) is 33.6. The van der Waals surface area contributed by atoms with Crippen LogP contribution in [-0.2, 0) is 32.4 Å². The first kappa shape index (κ1) is 37.6. The highest BCUT2D eigenvalue weighted by molar-refractivity contribution is 8.05. The Labute approximate surface area is 335 Å². The summed E-state index contributed by atoms with van der Waals surface area (Å²) in [6.45, 7) is 2.55. The second-order valence-electron chi connectivity index (χ2n) is 13.9. The summed E-state index contributed by atoms with van der Waals surface area (Å²) in [4.78, 5) is 33.1. The first-order chi connectivity index (χ1) is 27.4. The van der Waals surface area contributed by atoms with Crippen LogP contribution >= 0.6 is 23.5 Å². The van der Waals surface area contributed by atoms with Crippen molar-refractivity contribution in [3.8, 4) is 28.7 Å². The van der Waals surface area contributed by atoms with Gasteiger partial charge < -0.3 is 33.6 Å². The van der Waals surface area contributed by atoms with E-state index in [-0.39, 0.29) is 36.4 Å². The zero-order chi connectivity index (χ0) is 38.9. The smallest absolute Gasteiger partial charge is 0.234 e. The first-order valence-electron chi connectivity index (χ1n) is 18.6. The van der Waals surface area contributed by atoms with E-state index in [9.17, 15) is 9.59 Å². The summed E-state index contributed by atoms with van der Waals surface area (Å²) < 4.78 is 26.6. The molecule has 0 radical (unpaired) electrons. The maximum Gasteiger partial charge on any atom is 0.234 e. The van der Waals surface area contributed by atoms with E-state index in [0.717, 1.165) is 29.9 Å². The molecule has 3 saturated heterocycles. The maximum atomic E-state index is 14.8. The average Bonchev–Trinajstić information content (AvgIpc) is 4.08. The van der Waals surface area contributed by atoms with Crippen molar-refractivity contribution in [1.82, 2.24) is 19.6 Å². The Kier molecular flexibility index (Phi) is 10.6. The van der Waals surface area contributed by atoms with Gasteiger partial charge in [0.15, 0.2) is 9.74 Å². The van der Waals surface area contributed by atoms with Crippen LogP contribution in [0.3, 0.4) is 0 Å². The number of anilines is 1. The molecule has 0 aliphatic carbocycles. The fourth-order valence-corrected chi connectivity index (χ4v) is 11.9. The Hall–Kier alpha value is -5.27. The molecule has 4 heterocycles. The molecular formula is C43H45N5O6S2. The van der Waals surface area contributed by atoms with E-state index in [1.54, 1.807) is 39.3 Å². The van der Waals surface area contributed by atoms with Gasteiger partial charge in [0.25, 0.3) is 0 Å². The maximum absolute atomic E-state index is 14.8. The number of amides is 2. The summed E-state index contributed by atoms with van der Waals surface area (Å²) in [5.41, 5.74) is 5.20. The van der Waals surface area contributed by atoms with Crippen LogP contribution in [0.25, 0.3) is 5.69 Å². The van der Waals surface area contributed by atoms with Crippen LogP contribution in [0.1, 0.15) is 35.1 Å². The third kappa shape index (κ3) is 6.21. The molecule has 1 aromatic heterocycles. The highest BCUT2D eigenvalue weighted by Crippen LogP contribution is 2.70. The second kappa shape index (κ2) is 15.7. The number of hydrogen-bond donors (Lipinski definition) is 0. The highest BCUT2D eigenvalue weighted by Gasteiger charge is 2.71. The fraction of sp³-hybridized carbons (Fsp3) is 0.326. The highest BCUT2D eigenvalue weighted by atomic mass is 32.2. The van der Waals surface area contributed by atoms with E-state index >= 15 is 0 Å². The summed E-state index contributed by atoms with van der Waals surface area (Å²) in [5.74, 6) is 2.20. The number of aromatic nitrogens is 2. The molecule has 3 aliphatic heterocycles. The number of benzene rings is 4. The molecule has 3 aliphatic rings. The van der Waals surface area contributed by atoms with E-state index in [1.165, 1.54) is 42.1 Å². The third-order valence-electron chi connectivity index (χ3n) is 11.0. The minimum absolute atomic E-state index is 0.0803. The van der Waals surface area contributed by atoms with Crippen molar-refractivity contribution >= 4 is 41.0 Å². The van der Waals surface area contributed by atoms with Crippen molar-refractivity contribution in [2.24, 2.45) is 0 Å². The van der Waals surface area contributed by atoms with Gasteiger partial charge in [0, 0.05) is 44.3 Å². The van der Waals surface area contributed by atoms with Gasteiger partial charge in [-0.05, 0) is 78.6 Å². The van der Waals surface area contributed by atoms with Crippen molar-refractivity contribution in [3.05, 3.63) is 126 Å². The van der Waals surface area contributed by atoms with Gasteiger partial charge in [0.05, 0.1) is 56.8 Å². The lowest BCUT2D eigenvalue weighted by Gasteiger charge is -2.54. The van der Waals surface area contributed by atoms with Gasteiger partial charge >= 0.3 is 0 Å². The summed E-state index contributed by atoms with van der Waals surface area (Å²) in [6, 6.07) is 29.7. The number of methoxy groups -OCH3 is 4. The number of thioether (sulfide) groups is 2. The van der Waals surface area contributed by atoms with Crippen LogP contribution in [0.5, 0.6) is 23.0 Å². The van der Waals surface area contributed by atoms with Crippen LogP contribution < -0.4 is 23.8 Å². The lowest BCUT2D eigenvalue weighted by atomic mass is 9.85. The second-order valence-corrected chi connectivity index (χ2v) is 16.2. The molecule has 0 spiro atoms. The standard InChI is InChI=1S/C43H45N5O6S2/c1-51-34-10-7-11-35(52-2)40(34)42(46(38(49)28-55-42)26-30-14-18-32(19-15-30)45-23-5-6-24-45)43(41-36(53-3)12-8-13-37(41)54-4)47(39(50)29-56-43)27-31-16-20-33(21-17-31)48-25-9-22-44-48/h7-22,25H,5-6,23-24,26-29H2,1-4H3. The zero-order valence-electron chi connectivity index (χ0n) is 32.0. The van der Waals surface area contributed by atoms with Gasteiger partial charge in [-0.15, -0.1) is 23.5 Å². The van der Waals surface area contributed by atoms with Gasteiger partial charge in [-0.2, -0.15) is 5.10 Å². The predicted molar refractivity (Wildman–Crippen MR) is 220 cm³/mol. The topological polar surface area (TPSA) is 98.6 Å². The average molecular weight is 792 g/mol. The van der Waals surface area contributed by atoms with Gasteiger partial charge in [-0.1, -0.05) is 36.4 Å². The molecule has 8 rings (SSSR count).